The second kappa shape index (κ2) is 7.33. The van der Waals surface area contributed by atoms with Gasteiger partial charge in [0.15, 0.2) is 0 Å². The summed E-state index contributed by atoms with van der Waals surface area (Å²) in [5, 5.41) is 12.7. The second-order valence-electron chi connectivity index (χ2n) is 7.94. The number of halogens is 1. The fourth-order valence-corrected chi connectivity index (χ4v) is 4.92. The van der Waals surface area contributed by atoms with Gasteiger partial charge in [-0.3, -0.25) is 9.59 Å². The van der Waals surface area contributed by atoms with Crippen LogP contribution in [0, 0.1) is 0 Å². The molecule has 152 valence electrons. The highest BCUT2D eigenvalue weighted by Gasteiger charge is 2.49. The van der Waals surface area contributed by atoms with Gasteiger partial charge < -0.3 is 15.0 Å². The molecule has 1 amide bonds. The number of hydrogen-bond donors (Lipinski definition) is 2. The zero-order chi connectivity index (χ0) is 20.8. The first kappa shape index (κ1) is 18.9. The number of para-hydroxylation sites is 1. The van der Waals surface area contributed by atoms with E-state index in [1.807, 2.05) is 36.4 Å². The number of aromatic amines is 1. The lowest BCUT2D eigenvalue weighted by molar-refractivity contribution is -0.141. The Morgan fingerprint density at radius 2 is 1.73 bits per heavy atom. The van der Waals surface area contributed by atoms with Crippen molar-refractivity contribution in [3.63, 3.8) is 0 Å². The van der Waals surface area contributed by atoms with Crippen molar-refractivity contribution in [2.24, 2.45) is 0 Å². The van der Waals surface area contributed by atoms with Gasteiger partial charge in [-0.15, -0.1) is 0 Å². The number of aromatic nitrogens is 1. The summed E-state index contributed by atoms with van der Waals surface area (Å²) < 4.78 is 0. The number of carbonyl (C=O) groups excluding carboxylic acids is 2. The highest BCUT2D eigenvalue weighted by Crippen LogP contribution is 2.44. The van der Waals surface area contributed by atoms with E-state index in [1.165, 1.54) is 0 Å². The highest BCUT2D eigenvalue weighted by atomic mass is 35.5. The molecule has 1 saturated heterocycles. The van der Waals surface area contributed by atoms with Crippen molar-refractivity contribution in [1.29, 1.82) is 0 Å². The van der Waals surface area contributed by atoms with Gasteiger partial charge in [0, 0.05) is 33.7 Å². The lowest BCUT2D eigenvalue weighted by Crippen LogP contribution is -2.37. The van der Waals surface area contributed by atoms with E-state index in [1.54, 1.807) is 23.2 Å². The molecule has 2 fully saturated rings. The summed E-state index contributed by atoms with van der Waals surface area (Å²) in [4.78, 5) is 31.0. The minimum Gasteiger partial charge on any atom is -0.507 e. The molecule has 6 heteroatoms. The number of aliphatic hydroxyl groups is 1. The third kappa shape index (κ3) is 2.92. The number of likely N-dealkylation sites (tertiary alicyclic amines) is 1. The number of ketones is 1. The van der Waals surface area contributed by atoms with Crippen LogP contribution in [0.5, 0.6) is 0 Å². The van der Waals surface area contributed by atoms with Crippen LogP contribution >= 0.6 is 11.6 Å². The van der Waals surface area contributed by atoms with Gasteiger partial charge >= 0.3 is 0 Å². The molecule has 3 aromatic rings. The predicted octanol–water partition coefficient (Wildman–Crippen LogP) is 5.19. The Morgan fingerprint density at radius 3 is 2.47 bits per heavy atom. The number of amides is 1. The van der Waals surface area contributed by atoms with Crippen molar-refractivity contribution in [3.8, 4) is 0 Å². The quantitative estimate of drug-likeness (QED) is 0.348. The summed E-state index contributed by atoms with van der Waals surface area (Å²) in [5.74, 6) is -1.32. The van der Waals surface area contributed by atoms with Gasteiger partial charge in [0.2, 0.25) is 0 Å². The minimum absolute atomic E-state index is 0.00426. The van der Waals surface area contributed by atoms with Gasteiger partial charge in [0.25, 0.3) is 11.7 Å². The maximum absolute atomic E-state index is 13.2. The van der Waals surface area contributed by atoms with Crippen LogP contribution in [0.15, 0.2) is 60.3 Å². The largest absolute Gasteiger partial charge is 0.507 e. The first-order chi connectivity index (χ1) is 14.6. The average molecular weight is 421 g/mol. The zero-order valence-corrected chi connectivity index (χ0v) is 17.0. The van der Waals surface area contributed by atoms with Gasteiger partial charge in [-0.2, -0.15) is 0 Å². The van der Waals surface area contributed by atoms with Crippen LogP contribution in [0.1, 0.15) is 42.9 Å². The van der Waals surface area contributed by atoms with E-state index in [9.17, 15) is 14.7 Å². The van der Waals surface area contributed by atoms with Crippen molar-refractivity contribution < 1.29 is 14.7 Å². The minimum atomic E-state index is -0.635. The van der Waals surface area contributed by atoms with Crippen LogP contribution in [0.25, 0.3) is 16.7 Å². The molecule has 2 heterocycles. The number of hydrogen-bond acceptors (Lipinski definition) is 3. The van der Waals surface area contributed by atoms with Crippen molar-refractivity contribution in [1.82, 2.24) is 9.88 Å². The summed E-state index contributed by atoms with van der Waals surface area (Å²) in [5.41, 5.74) is 2.28. The monoisotopic (exact) mass is 420 g/mol. The molecule has 0 spiro atoms. The molecule has 2 N–H and O–H groups in total. The Labute approximate surface area is 179 Å². The van der Waals surface area contributed by atoms with Crippen LogP contribution in [-0.4, -0.2) is 32.7 Å². The van der Waals surface area contributed by atoms with E-state index in [0.717, 1.165) is 42.1 Å². The average Bonchev–Trinajstić information content (AvgIpc) is 3.48. The van der Waals surface area contributed by atoms with Crippen molar-refractivity contribution >= 4 is 40.0 Å². The smallest absolute Gasteiger partial charge is 0.295 e. The van der Waals surface area contributed by atoms with Gasteiger partial charge in [-0.05, 0) is 36.6 Å². The Bertz CT molecular complexity index is 1170. The van der Waals surface area contributed by atoms with Crippen LogP contribution in [0.2, 0.25) is 5.02 Å². The summed E-state index contributed by atoms with van der Waals surface area (Å²) >= 11 is 6.07. The topological polar surface area (TPSA) is 73.4 Å². The van der Waals surface area contributed by atoms with E-state index in [-0.39, 0.29) is 17.4 Å². The number of benzene rings is 2. The number of aliphatic hydroxyl groups excluding tert-OH is 1. The number of Topliss-reactive ketones (excluding diaryl/α,β-unsaturated/α-hetero) is 1. The van der Waals surface area contributed by atoms with Crippen molar-refractivity contribution in [3.05, 3.63) is 76.5 Å². The molecule has 0 bridgehead atoms. The number of fused-ring (bicyclic) bond motifs is 1. The standard InChI is InChI=1S/C24H21ClN2O3/c25-15-11-9-14(10-12-15)21-20(23(29)24(30)27(21)16-5-1-2-6-16)22(28)18-13-26-19-8-4-3-7-17(18)19/h3-4,7-13,16,21,26,28H,1-2,5-6H2/b22-20-. The molecule has 2 aromatic carbocycles. The summed E-state index contributed by atoms with van der Waals surface area (Å²) in [6.07, 6.45) is 5.48. The Hall–Kier alpha value is -3.05. The normalized spacial score (nSPS) is 21.8. The molecule has 2 aliphatic rings. The predicted molar refractivity (Wildman–Crippen MR) is 116 cm³/mol. The molecule has 1 unspecified atom stereocenters. The van der Waals surface area contributed by atoms with E-state index in [4.69, 9.17) is 11.6 Å². The first-order valence-electron chi connectivity index (χ1n) is 10.2. The van der Waals surface area contributed by atoms with Gasteiger partial charge in [0.05, 0.1) is 11.6 Å². The van der Waals surface area contributed by atoms with E-state index in [2.05, 4.69) is 4.98 Å². The third-order valence-electron chi connectivity index (χ3n) is 6.23. The Kier molecular flexibility index (Phi) is 4.63. The van der Waals surface area contributed by atoms with Crippen molar-refractivity contribution in [2.75, 3.05) is 0 Å². The van der Waals surface area contributed by atoms with Crippen LogP contribution < -0.4 is 0 Å². The number of carbonyl (C=O) groups is 2. The maximum atomic E-state index is 13.2. The number of nitrogens with zero attached hydrogens (tertiary/aromatic N) is 1. The molecule has 30 heavy (non-hydrogen) atoms. The molecular weight excluding hydrogens is 400 g/mol. The molecule has 1 aromatic heterocycles. The van der Waals surface area contributed by atoms with Crippen LogP contribution in [0.3, 0.4) is 0 Å². The number of nitrogens with one attached hydrogen (secondary N) is 1. The number of rotatable bonds is 3. The Balaban J connectivity index is 1.71. The highest BCUT2D eigenvalue weighted by molar-refractivity contribution is 6.46. The molecule has 0 radical (unpaired) electrons. The summed E-state index contributed by atoms with van der Waals surface area (Å²) in [6.45, 7) is 0. The summed E-state index contributed by atoms with van der Waals surface area (Å²) in [7, 11) is 0. The molecule has 1 atom stereocenters. The van der Waals surface area contributed by atoms with Crippen LogP contribution in [0.4, 0.5) is 0 Å². The van der Waals surface area contributed by atoms with Crippen molar-refractivity contribution in [2.45, 2.75) is 37.8 Å². The maximum Gasteiger partial charge on any atom is 0.295 e. The lowest BCUT2D eigenvalue weighted by atomic mass is 9.94. The molecule has 5 nitrogen and oxygen atoms in total. The molecule has 1 aliphatic carbocycles. The second-order valence-corrected chi connectivity index (χ2v) is 8.38. The van der Waals surface area contributed by atoms with Gasteiger partial charge in [-0.1, -0.05) is 54.8 Å². The van der Waals surface area contributed by atoms with E-state index >= 15 is 0 Å². The molecule has 1 saturated carbocycles. The fraction of sp³-hybridized carbons (Fsp3) is 0.250. The zero-order valence-electron chi connectivity index (χ0n) is 16.3. The van der Waals surface area contributed by atoms with E-state index < -0.39 is 17.7 Å². The molecular formula is C24H21ClN2O3. The lowest BCUT2D eigenvalue weighted by Gasteiger charge is -2.30. The molecule has 1 aliphatic heterocycles. The van der Waals surface area contributed by atoms with Crippen LogP contribution in [-0.2, 0) is 9.59 Å². The first-order valence-corrected chi connectivity index (χ1v) is 10.6. The molecule has 5 rings (SSSR count). The summed E-state index contributed by atoms with van der Waals surface area (Å²) in [6, 6.07) is 14.1. The third-order valence-corrected chi connectivity index (χ3v) is 6.48. The van der Waals surface area contributed by atoms with Gasteiger partial charge in [-0.25, -0.2) is 0 Å². The SMILES string of the molecule is O=C1C(=O)N(C2CCCC2)C(c2ccc(Cl)cc2)/C1=C(/O)c1c[nH]c2ccccc12. The van der Waals surface area contributed by atoms with E-state index in [0.29, 0.717) is 10.6 Å². The van der Waals surface area contributed by atoms with Gasteiger partial charge in [0.1, 0.15) is 5.76 Å². The Morgan fingerprint density at radius 1 is 1.03 bits per heavy atom. The fourth-order valence-electron chi connectivity index (χ4n) is 4.79. The number of H-pyrrole nitrogens is 1.